The van der Waals surface area contributed by atoms with Gasteiger partial charge in [-0.3, -0.25) is 4.90 Å². The van der Waals surface area contributed by atoms with Crippen molar-refractivity contribution >= 4 is 15.9 Å². The molecule has 0 bridgehead atoms. The lowest BCUT2D eigenvalue weighted by molar-refractivity contribution is 0.169. The predicted molar refractivity (Wildman–Crippen MR) is 82.4 cm³/mol. The Morgan fingerprint density at radius 1 is 1.50 bits per heavy atom. The molecule has 5 heteroatoms. The molecular weight excluding hydrogens is 323 g/mol. The van der Waals surface area contributed by atoms with Crippen LogP contribution in [0, 0.1) is 5.82 Å². The highest BCUT2D eigenvalue weighted by molar-refractivity contribution is 9.10. The maximum atomic E-state index is 13.9. The quantitative estimate of drug-likeness (QED) is 0.824. The Balaban J connectivity index is 2.35. The van der Waals surface area contributed by atoms with Gasteiger partial charge in [-0.05, 0) is 35.3 Å². The van der Waals surface area contributed by atoms with E-state index in [1.807, 2.05) is 6.92 Å². The number of phenolic OH excluding ortho intramolecular Hbond substituents is 1. The zero-order chi connectivity index (χ0) is 14.7. The van der Waals surface area contributed by atoms with Crippen LogP contribution in [0.25, 0.3) is 0 Å². The molecule has 1 saturated heterocycles. The standard InChI is InChI=1S/C15H20BrFN2O/c1-10(2)9-13(19-7-5-18-6-8-19)11-3-4-12(16)14(17)15(11)20/h3-4,13,18,20H,1,5-9H2,2H3/t13-/m1/s1. The predicted octanol–water partition coefficient (Wildman–Crippen LogP) is 3.21. The smallest absolute Gasteiger partial charge is 0.179 e. The van der Waals surface area contributed by atoms with Gasteiger partial charge < -0.3 is 10.4 Å². The van der Waals surface area contributed by atoms with E-state index in [4.69, 9.17) is 0 Å². The van der Waals surface area contributed by atoms with Gasteiger partial charge in [-0.15, -0.1) is 6.58 Å². The lowest BCUT2D eigenvalue weighted by Gasteiger charge is -2.35. The Hall–Kier alpha value is -0.910. The van der Waals surface area contributed by atoms with E-state index in [-0.39, 0.29) is 16.3 Å². The van der Waals surface area contributed by atoms with Gasteiger partial charge in [-0.1, -0.05) is 11.6 Å². The van der Waals surface area contributed by atoms with Crippen molar-refractivity contribution in [2.75, 3.05) is 26.2 Å². The third-order valence-corrected chi connectivity index (χ3v) is 4.21. The van der Waals surface area contributed by atoms with Crippen LogP contribution in [0.2, 0.25) is 0 Å². The van der Waals surface area contributed by atoms with Gasteiger partial charge in [0.05, 0.1) is 4.47 Å². The molecule has 0 radical (unpaired) electrons. The van der Waals surface area contributed by atoms with Crippen LogP contribution in [0.4, 0.5) is 4.39 Å². The Bertz CT molecular complexity index is 501. The summed E-state index contributed by atoms with van der Waals surface area (Å²) in [4.78, 5) is 2.27. The molecule has 1 heterocycles. The molecule has 2 N–H and O–H groups in total. The molecule has 1 atom stereocenters. The van der Waals surface area contributed by atoms with Crippen molar-refractivity contribution in [2.45, 2.75) is 19.4 Å². The molecule has 0 spiro atoms. The first-order valence-electron chi connectivity index (χ1n) is 6.76. The van der Waals surface area contributed by atoms with Gasteiger partial charge in [-0.2, -0.15) is 0 Å². The molecule has 1 aromatic carbocycles. The van der Waals surface area contributed by atoms with E-state index in [1.165, 1.54) is 0 Å². The van der Waals surface area contributed by atoms with Gasteiger partial charge in [0.25, 0.3) is 0 Å². The highest BCUT2D eigenvalue weighted by Gasteiger charge is 2.26. The number of nitrogens with one attached hydrogen (secondary N) is 1. The zero-order valence-electron chi connectivity index (χ0n) is 11.6. The van der Waals surface area contributed by atoms with Crippen molar-refractivity contribution in [1.82, 2.24) is 10.2 Å². The van der Waals surface area contributed by atoms with Crippen LogP contribution in [-0.2, 0) is 0 Å². The van der Waals surface area contributed by atoms with Gasteiger partial charge in [0.15, 0.2) is 11.6 Å². The average molecular weight is 343 g/mol. The van der Waals surface area contributed by atoms with Crippen LogP contribution in [0.1, 0.15) is 24.9 Å². The van der Waals surface area contributed by atoms with Crippen molar-refractivity contribution in [3.8, 4) is 5.75 Å². The first-order chi connectivity index (χ1) is 9.50. The summed E-state index contributed by atoms with van der Waals surface area (Å²) < 4.78 is 14.2. The summed E-state index contributed by atoms with van der Waals surface area (Å²) in [6.45, 7) is 9.50. The van der Waals surface area contributed by atoms with Crippen LogP contribution in [0.5, 0.6) is 5.75 Å². The topological polar surface area (TPSA) is 35.5 Å². The summed E-state index contributed by atoms with van der Waals surface area (Å²) in [6, 6.07) is 3.41. The van der Waals surface area contributed by atoms with E-state index in [1.54, 1.807) is 12.1 Å². The second kappa shape index (κ2) is 6.70. The van der Waals surface area contributed by atoms with E-state index >= 15 is 0 Å². The number of hydrogen-bond acceptors (Lipinski definition) is 3. The molecule has 110 valence electrons. The molecule has 0 unspecified atom stereocenters. The number of nitrogens with zero attached hydrogens (tertiary/aromatic N) is 1. The highest BCUT2D eigenvalue weighted by atomic mass is 79.9. The molecule has 2 rings (SSSR count). The Morgan fingerprint density at radius 2 is 2.15 bits per heavy atom. The van der Waals surface area contributed by atoms with Gasteiger partial charge in [0, 0.05) is 37.8 Å². The lowest BCUT2D eigenvalue weighted by atomic mass is 9.97. The Kier molecular flexibility index (Phi) is 5.18. The summed E-state index contributed by atoms with van der Waals surface area (Å²) in [6.07, 6.45) is 0.717. The number of piperazine rings is 1. The minimum absolute atomic E-state index is 0.0304. The number of phenols is 1. The second-order valence-electron chi connectivity index (χ2n) is 5.26. The monoisotopic (exact) mass is 342 g/mol. The first kappa shape index (κ1) is 15.5. The average Bonchev–Trinajstić information content (AvgIpc) is 2.44. The number of benzene rings is 1. The van der Waals surface area contributed by atoms with E-state index < -0.39 is 5.82 Å². The zero-order valence-corrected chi connectivity index (χ0v) is 13.2. The fourth-order valence-electron chi connectivity index (χ4n) is 2.58. The molecule has 1 fully saturated rings. The normalized spacial score (nSPS) is 17.9. The minimum Gasteiger partial charge on any atom is -0.505 e. The molecule has 3 nitrogen and oxygen atoms in total. The fourth-order valence-corrected chi connectivity index (χ4v) is 2.90. The van der Waals surface area contributed by atoms with Gasteiger partial charge in [0.1, 0.15) is 0 Å². The second-order valence-corrected chi connectivity index (χ2v) is 6.12. The van der Waals surface area contributed by atoms with Crippen molar-refractivity contribution in [3.05, 3.63) is 40.1 Å². The molecule has 0 saturated carbocycles. The molecule has 0 amide bonds. The van der Waals surface area contributed by atoms with Crippen molar-refractivity contribution in [2.24, 2.45) is 0 Å². The molecule has 0 aliphatic carbocycles. The van der Waals surface area contributed by atoms with Crippen molar-refractivity contribution < 1.29 is 9.50 Å². The van der Waals surface area contributed by atoms with Crippen LogP contribution in [0.3, 0.4) is 0 Å². The van der Waals surface area contributed by atoms with Crippen LogP contribution in [0.15, 0.2) is 28.8 Å². The van der Waals surface area contributed by atoms with E-state index in [9.17, 15) is 9.50 Å². The number of aromatic hydroxyl groups is 1. The fraction of sp³-hybridized carbons (Fsp3) is 0.467. The van der Waals surface area contributed by atoms with Gasteiger partial charge >= 0.3 is 0 Å². The highest BCUT2D eigenvalue weighted by Crippen LogP contribution is 2.37. The summed E-state index contributed by atoms with van der Waals surface area (Å²) >= 11 is 3.10. The summed E-state index contributed by atoms with van der Waals surface area (Å²) in [5.41, 5.74) is 1.66. The van der Waals surface area contributed by atoms with Crippen molar-refractivity contribution in [1.29, 1.82) is 0 Å². The molecule has 1 aliphatic rings. The molecule has 0 aromatic heterocycles. The van der Waals surface area contributed by atoms with E-state index in [0.29, 0.717) is 12.0 Å². The van der Waals surface area contributed by atoms with Crippen LogP contribution < -0.4 is 5.32 Å². The molecule has 20 heavy (non-hydrogen) atoms. The molecule has 1 aliphatic heterocycles. The maximum Gasteiger partial charge on any atom is 0.179 e. The van der Waals surface area contributed by atoms with Crippen LogP contribution in [-0.4, -0.2) is 36.2 Å². The Morgan fingerprint density at radius 3 is 2.75 bits per heavy atom. The Labute approximate surface area is 127 Å². The summed E-state index contributed by atoms with van der Waals surface area (Å²) in [5, 5.41) is 13.4. The number of hydrogen-bond donors (Lipinski definition) is 2. The number of halogens is 2. The van der Waals surface area contributed by atoms with Gasteiger partial charge in [0.2, 0.25) is 0 Å². The summed E-state index contributed by atoms with van der Waals surface area (Å²) in [7, 11) is 0. The molecular formula is C15H20BrFN2O. The lowest BCUT2D eigenvalue weighted by Crippen LogP contribution is -2.45. The third kappa shape index (κ3) is 3.40. The SMILES string of the molecule is C=C(C)C[C@H](c1ccc(Br)c(F)c1O)N1CCNCC1. The third-order valence-electron chi connectivity index (χ3n) is 3.59. The largest absolute Gasteiger partial charge is 0.505 e. The minimum atomic E-state index is -0.593. The van der Waals surface area contributed by atoms with Crippen molar-refractivity contribution in [3.63, 3.8) is 0 Å². The maximum absolute atomic E-state index is 13.9. The van der Waals surface area contributed by atoms with E-state index in [2.05, 4.69) is 32.7 Å². The first-order valence-corrected chi connectivity index (χ1v) is 7.56. The summed E-state index contributed by atoms with van der Waals surface area (Å²) in [5.74, 6) is -0.853. The van der Waals surface area contributed by atoms with Crippen LogP contribution >= 0.6 is 15.9 Å². The van der Waals surface area contributed by atoms with E-state index in [0.717, 1.165) is 31.8 Å². The number of rotatable bonds is 4. The van der Waals surface area contributed by atoms with Gasteiger partial charge in [-0.25, -0.2) is 4.39 Å². The molecule has 1 aromatic rings.